The third kappa shape index (κ3) is 3.25. The molecular weight excluding hydrogens is 365 g/mol. The van der Waals surface area contributed by atoms with Gasteiger partial charge in [0.25, 0.3) is 0 Å². The third-order valence-corrected chi connectivity index (χ3v) is 4.43. The van der Waals surface area contributed by atoms with Crippen LogP contribution in [0.3, 0.4) is 0 Å². The number of nitrogens with one attached hydrogen (secondary N) is 2. The van der Waals surface area contributed by atoms with Crippen molar-refractivity contribution in [2.75, 3.05) is 36.5 Å². The topological polar surface area (TPSA) is 105 Å². The summed E-state index contributed by atoms with van der Waals surface area (Å²) in [6.07, 6.45) is 1.72. The van der Waals surface area contributed by atoms with Crippen LogP contribution in [0, 0.1) is 5.82 Å². The number of hydrogen-bond donors (Lipinski definition) is 2. The van der Waals surface area contributed by atoms with Crippen LogP contribution in [-0.4, -0.2) is 51.5 Å². The second-order valence-electron chi connectivity index (χ2n) is 6.29. The maximum atomic E-state index is 13.0. The van der Waals surface area contributed by atoms with Crippen molar-refractivity contribution in [3.63, 3.8) is 0 Å². The lowest BCUT2D eigenvalue weighted by atomic mass is 10.2. The highest BCUT2D eigenvalue weighted by Gasteiger charge is 2.15. The summed E-state index contributed by atoms with van der Waals surface area (Å²) in [5.41, 5.74) is 2.20. The number of ether oxygens (including phenoxy) is 1. The number of halogens is 1. The van der Waals surface area contributed by atoms with Gasteiger partial charge in [-0.15, -0.1) is 5.10 Å². The molecule has 0 radical (unpaired) electrons. The average Bonchev–Trinajstić information content (AvgIpc) is 3.35. The van der Waals surface area contributed by atoms with Crippen LogP contribution in [0.2, 0.25) is 0 Å². The van der Waals surface area contributed by atoms with E-state index in [1.54, 1.807) is 18.3 Å². The number of pyridine rings is 1. The monoisotopic (exact) mass is 381 g/mol. The lowest BCUT2D eigenvalue weighted by Gasteiger charge is -2.27. The molecule has 0 saturated carbocycles. The van der Waals surface area contributed by atoms with Crippen molar-refractivity contribution in [2.45, 2.75) is 0 Å². The van der Waals surface area contributed by atoms with Gasteiger partial charge in [-0.2, -0.15) is 0 Å². The predicted molar refractivity (Wildman–Crippen MR) is 99.9 cm³/mol. The zero-order valence-electron chi connectivity index (χ0n) is 14.7. The minimum atomic E-state index is -0.325. The van der Waals surface area contributed by atoms with Gasteiger partial charge in [-0.05, 0) is 24.3 Å². The van der Waals surface area contributed by atoms with E-state index in [9.17, 15) is 4.39 Å². The Morgan fingerprint density at radius 3 is 2.75 bits per heavy atom. The Morgan fingerprint density at radius 1 is 1.11 bits per heavy atom. The van der Waals surface area contributed by atoms with E-state index in [1.807, 2.05) is 6.07 Å². The van der Waals surface area contributed by atoms with E-state index in [-0.39, 0.29) is 17.7 Å². The Morgan fingerprint density at radius 2 is 1.93 bits per heavy atom. The normalized spacial score (nSPS) is 14.5. The molecule has 0 amide bonds. The maximum absolute atomic E-state index is 13.0. The number of H-pyrrole nitrogens is 1. The zero-order valence-corrected chi connectivity index (χ0v) is 14.7. The Labute approximate surface area is 158 Å². The van der Waals surface area contributed by atoms with Crippen molar-refractivity contribution in [1.29, 1.82) is 0 Å². The Balaban J connectivity index is 1.36. The molecule has 1 aliphatic heterocycles. The van der Waals surface area contributed by atoms with Gasteiger partial charge in [0.05, 0.1) is 24.9 Å². The van der Waals surface area contributed by atoms with Crippen molar-refractivity contribution < 1.29 is 13.5 Å². The van der Waals surface area contributed by atoms with Crippen LogP contribution < -0.4 is 10.2 Å². The Kier molecular flexibility index (Phi) is 4.09. The number of benzene rings is 1. The molecule has 5 rings (SSSR count). The van der Waals surface area contributed by atoms with E-state index in [1.165, 1.54) is 12.1 Å². The predicted octanol–water partition coefficient (Wildman–Crippen LogP) is 2.73. The minimum absolute atomic E-state index is 0.180. The molecule has 4 aromatic rings. The van der Waals surface area contributed by atoms with Gasteiger partial charge in [-0.25, -0.2) is 14.4 Å². The molecule has 0 bridgehead atoms. The van der Waals surface area contributed by atoms with E-state index < -0.39 is 0 Å². The summed E-state index contributed by atoms with van der Waals surface area (Å²) < 4.78 is 24.0. The fourth-order valence-corrected chi connectivity index (χ4v) is 3.01. The van der Waals surface area contributed by atoms with Crippen LogP contribution in [0.25, 0.3) is 22.5 Å². The van der Waals surface area contributed by atoms with Crippen LogP contribution in [0.1, 0.15) is 0 Å². The van der Waals surface area contributed by atoms with Gasteiger partial charge in [0.1, 0.15) is 17.2 Å². The van der Waals surface area contributed by atoms with Gasteiger partial charge >= 0.3 is 6.01 Å². The Hall–Kier alpha value is -3.53. The number of aromatic amines is 1. The van der Waals surface area contributed by atoms with Crippen molar-refractivity contribution >= 4 is 28.8 Å². The van der Waals surface area contributed by atoms with E-state index in [2.05, 4.69) is 35.4 Å². The van der Waals surface area contributed by atoms with Crippen molar-refractivity contribution in [3.05, 3.63) is 42.3 Å². The molecule has 4 heterocycles. The lowest BCUT2D eigenvalue weighted by molar-refractivity contribution is 0.122. The summed E-state index contributed by atoms with van der Waals surface area (Å²) in [5, 5.41) is 10.9. The van der Waals surface area contributed by atoms with Gasteiger partial charge in [-0.3, -0.25) is 5.32 Å². The van der Waals surface area contributed by atoms with Crippen LogP contribution in [0.5, 0.6) is 0 Å². The van der Waals surface area contributed by atoms with E-state index in [0.29, 0.717) is 24.7 Å². The summed E-state index contributed by atoms with van der Waals surface area (Å²) in [5.74, 6) is 1.30. The first-order valence-corrected chi connectivity index (χ1v) is 8.79. The SMILES string of the molecule is Fc1ccc(-c2nnc(Nc3nc4cnc(N5CCOCC5)cc4[nH]3)o2)cc1. The van der Waals surface area contributed by atoms with E-state index in [0.717, 1.165) is 29.9 Å². The first-order valence-electron chi connectivity index (χ1n) is 8.79. The third-order valence-electron chi connectivity index (χ3n) is 4.43. The van der Waals surface area contributed by atoms with Crippen molar-refractivity contribution in [1.82, 2.24) is 25.1 Å². The number of nitrogens with zero attached hydrogens (tertiary/aromatic N) is 5. The molecule has 28 heavy (non-hydrogen) atoms. The highest BCUT2D eigenvalue weighted by Crippen LogP contribution is 2.24. The van der Waals surface area contributed by atoms with Crippen LogP contribution in [0.15, 0.2) is 40.9 Å². The zero-order chi connectivity index (χ0) is 18.9. The molecule has 0 atom stereocenters. The van der Waals surface area contributed by atoms with Gasteiger partial charge in [-0.1, -0.05) is 5.10 Å². The summed E-state index contributed by atoms with van der Waals surface area (Å²) in [6, 6.07) is 7.96. The Bertz CT molecular complexity index is 1100. The standard InChI is InChI=1S/C18H16FN7O2/c19-12-3-1-11(2-4-12)16-24-25-18(28-16)23-17-21-13-9-15(20-10-14(13)22-17)26-5-7-27-8-6-26/h1-4,9-10H,5-8H2,(H2,21,22,23,25). The molecule has 1 aliphatic rings. The van der Waals surface area contributed by atoms with Crippen LogP contribution >= 0.6 is 0 Å². The molecule has 3 aromatic heterocycles. The number of rotatable bonds is 4. The van der Waals surface area contributed by atoms with E-state index >= 15 is 0 Å². The van der Waals surface area contributed by atoms with Crippen molar-refractivity contribution in [3.8, 4) is 11.5 Å². The summed E-state index contributed by atoms with van der Waals surface area (Å²) in [6.45, 7) is 3.02. The number of aromatic nitrogens is 5. The first-order chi connectivity index (χ1) is 13.7. The quantitative estimate of drug-likeness (QED) is 0.556. The molecule has 142 valence electrons. The second kappa shape index (κ2) is 6.89. The highest BCUT2D eigenvalue weighted by atomic mass is 19.1. The molecule has 0 aliphatic carbocycles. The van der Waals surface area contributed by atoms with Gasteiger partial charge in [0, 0.05) is 24.7 Å². The maximum Gasteiger partial charge on any atom is 0.322 e. The van der Waals surface area contributed by atoms with Crippen LogP contribution in [0.4, 0.5) is 22.2 Å². The molecule has 9 nitrogen and oxygen atoms in total. The van der Waals surface area contributed by atoms with E-state index in [4.69, 9.17) is 9.15 Å². The van der Waals surface area contributed by atoms with Crippen LogP contribution in [-0.2, 0) is 4.74 Å². The number of morpholine rings is 1. The van der Waals surface area contributed by atoms with Gasteiger partial charge in [0.2, 0.25) is 11.8 Å². The number of fused-ring (bicyclic) bond motifs is 1. The molecule has 1 fully saturated rings. The molecule has 0 unspecified atom stereocenters. The molecule has 1 saturated heterocycles. The molecule has 1 aromatic carbocycles. The average molecular weight is 381 g/mol. The lowest BCUT2D eigenvalue weighted by Crippen LogP contribution is -2.36. The number of hydrogen-bond acceptors (Lipinski definition) is 8. The molecule has 10 heteroatoms. The summed E-state index contributed by atoms with van der Waals surface area (Å²) >= 11 is 0. The highest BCUT2D eigenvalue weighted by molar-refractivity contribution is 5.79. The fourth-order valence-electron chi connectivity index (χ4n) is 3.01. The van der Waals surface area contributed by atoms with Crippen molar-refractivity contribution in [2.24, 2.45) is 0 Å². The van der Waals surface area contributed by atoms with Gasteiger partial charge < -0.3 is 19.0 Å². The molecule has 0 spiro atoms. The molecular formula is C18H16FN7O2. The summed E-state index contributed by atoms with van der Waals surface area (Å²) in [4.78, 5) is 14.3. The summed E-state index contributed by atoms with van der Waals surface area (Å²) in [7, 11) is 0. The number of anilines is 3. The van der Waals surface area contributed by atoms with Gasteiger partial charge in [0.15, 0.2) is 0 Å². The first kappa shape index (κ1) is 16.6. The second-order valence-corrected chi connectivity index (χ2v) is 6.29. The number of imidazole rings is 1. The fraction of sp³-hybridized carbons (Fsp3) is 0.222. The minimum Gasteiger partial charge on any atom is -0.403 e. The smallest absolute Gasteiger partial charge is 0.322 e. The largest absolute Gasteiger partial charge is 0.403 e. The molecule has 2 N–H and O–H groups in total.